The molecule has 1 N–H and O–H groups in total. The number of carbonyl (C=O) groups excluding carboxylic acids is 1. The van der Waals surface area contributed by atoms with Gasteiger partial charge in [-0.15, -0.1) is 0 Å². The van der Waals surface area contributed by atoms with E-state index < -0.39 is 10.0 Å². The molecule has 1 atom stereocenters. The predicted octanol–water partition coefficient (Wildman–Crippen LogP) is 4.21. The molecule has 1 amide bonds. The van der Waals surface area contributed by atoms with E-state index in [2.05, 4.69) is 15.7 Å². The van der Waals surface area contributed by atoms with Gasteiger partial charge in [0.2, 0.25) is 10.0 Å². The zero-order chi connectivity index (χ0) is 25.0. The monoisotopic (exact) mass is 528 g/mol. The van der Waals surface area contributed by atoms with Crippen LogP contribution in [0.1, 0.15) is 72.2 Å². The number of benzene rings is 1. The van der Waals surface area contributed by atoms with Crippen LogP contribution in [0, 0.1) is 0 Å². The Bertz CT molecular complexity index is 1450. The fourth-order valence-corrected chi connectivity index (χ4v) is 5.89. The molecule has 3 aliphatic rings. The molecule has 2 saturated heterocycles. The zero-order valence-corrected chi connectivity index (χ0v) is 21.7. The average Bonchev–Trinajstić information content (AvgIpc) is 3.56. The topological polar surface area (TPSA) is 99.9 Å². The molecule has 3 fully saturated rings. The van der Waals surface area contributed by atoms with E-state index in [0.29, 0.717) is 17.5 Å². The van der Waals surface area contributed by atoms with Gasteiger partial charge >= 0.3 is 0 Å². The molecule has 0 bridgehead atoms. The minimum absolute atomic E-state index is 0.224. The van der Waals surface area contributed by atoms with Crippen LogP contribution in [0.3, 0.4) is 0 Å². The van der Waals surface area contributed by atoms with Gasteiger partial charge in [0.1, 0.15) is 5.82 Å². The van der Waals surface area contributed by atoms with Crippen LogP contribution < -0.4 is 9.62 Å². The van der Waals surface area contributed by atoms with Gasteiger partial charge in [0.15, 0.2) is 5.65 Å². The Morgan fingerprint density at radius 1 is 1.03 bits per heavy atom. The third kappa shape index (κ3) is 4.52. The van der Waals surface area contributed by atoms with Gasteiger partial charge < -0.3 is 9.80 Å². The van der Waals surface area contributed by atoms with E-state index in [9.17, 15) is 13.2 Å². The maximum atomic E-state index is 13.8. The van der Waals surface area contributed by atoms with Crippen LogP contribution in [0.4, 0.5) is 11.5 Å². The number of aromatic nitrogens is 3. The van der Waals surface area contributed by atoms with Gasteiger partial charge in [0, 0.05) is 48.4 Å². The Balaban J connectivity index is 1.38. The van der Waals surface area contributed by atoms with Gasteiger partial charge in [-0.05, 0) is 56.7 Å². The Hall–Kier alpha value is -2.85. The summed E-state index contributed by atoms with van der Waals surface area (Å²) in [5.41, 5.74) is 3.21. The molecule has 0 spiro atoms. The number of fused-ring (bicyclic) bond motifs is 1. The van der Waals surface area contributed by atoms with Crippen LogP contribution in [-0.2, 0) is 10.0 Å². The molecule has 36 heavy (non-hydrogen) atoms. The molecule has 2 aromatic heterocycles. The molecule has 190 valence electrons. The largest absolute Gasteiger partial charge is 0.356 e. The summed E-state index contributed by atoms with van der Waals surface area (Å²) in [5, 5.41) is 5.34. The third-order valence-electron chi connectivity index (χ3n) is 7.24. The average molecular weight is 529 g/mol. The summed E-state index contributed by atoms with van der Waals surface area (Å²) >= 11 is 6.21. The van der Waals surface area contributed by atoms with E-state index in [1.165, 1.54) is 31.4 Å². The number of nitrogens with one attached hydrogen (secondary N) is 1. The molecule has 1 aromatic carbocycles. The SMILES string of the molecule is CS(=O)(=O)Nc1ccc(Cl)cc1C(=O)N1CCCC[C@H]1c1cc2nc(C3CC3)cc(N3CCC3)n2n1. The molecule has 1 aliphatic carbocycles. The smallest absolute Gasteiger partial charge is 0.256 e. The lowest BCUT2D eigenvalue weighted by Gasteiger charge is -2.35. The molecule has 4 heterocycles. The van der Waals surface area contributed by atoms with Crippen molar-refractivity contribution in [2.45, 2.75) is 50.5 Å². The second-order valence-corrected chi connectivity index (χ2v) is 12.3. The number of piperidine rings is 1. The number of sulfonamides is 1. The maximum Gasteiger partial charge on any atom is 0.256 e. The lowest BCUT2D eigenvalue weighted by molar-refractivity contribution is 0.0607. The van der Waals surface area contributed by atoms with Crippen molar-refractivity contribution in [1.82, 2.24) is 19.5 Å². The van der Waals surface area contributed by atoms with Gasteiger partial charge in [-0.2, -0.15) is 9.61 Å². The van der Waals surface area contributed by atoms with E-state index in [4.69, 9.17) is 21.7 Å². The standard InChI is InChI=1S/C25H29ClN6O3S/c1-36(34,35)29-19-9-8-17(26)13-18(19)25(33)31-12-3-2-5-22(31)21-14-23-27-20(16-6-7-16)15-24(32(23)28-21)30-10-4-11-30/h8-9,13-16,22,29H,2-7,10-12H2,1H3/t22-/m0/s1. The molecule has 6 rings (SSSR count). The van der Waals surface area contributed by atoms with Crippen LogP contribution in [0.25, 0.3) is 5.65 Å². The molecule has 0 unspecified atom stereocenters. The Labute approximate surface area is 215 Å². The quantitative estimate of drug-likeness (QED) is 0.514. The number of nitrogens with zero attached hydrogens (tertiary/aromatic N) is 5. The van der Waals surface area contributed by atoms with Crippen molar-refractivity contribution in [3.8, 4) is 0 Å². The van der Waals surface area contributed by atoms with Crippen LogP contribution in [0.15, 0.2) is 30.3 Å². The molecular weight excluding hydrogens is 500 g/mol. The first-order valence-electron chi connectivity index (χ1n) is 12.5. The normalized spacial score (nSPS) is 20.4. The summed E-state index contributed by atoms with van der Waals surface area (Å²) in [6.07, 6.45) is 7.22. The summed E-state index contributed by atoms with van der Waals surface area (Å²) in [6, 6.07) is 8.59. The highest BCUT2D eigenvalue weighted by molar-refractivity contribution is 7.92. The van der Waals surface area contributed by atoms with Crippen LogP contribution in [0.5, 0.6) is 0 Å². The minimum atomic E-state index is -3.57. The van der Waals surface area contributed by atoms with Crippen molar-refractivity contribution in [3.05, 3.63) is 52.3 Å². The highest BCUT2D eigenvalue weighted by Crippen LogP contribution is 2.41. The predicted molar refractivity (Wildman–Crippen MR) is 139 cm³/mol. The number of anilines is 2. The van der Waals surface area contributed by atoms with Crippen molar-refractivity contribution in [1.29, 1.82) is 0 Å². The lowest BCUT2D eigenvalue weighted by Crippen LogP contribution is -2.39. The van der Waals surface area contributed by atoms with Crippen molar-refractivity contribution >= 4 is 44.7 Å². The van der Waals surface area contributed by atoms with Gasteiger partial charge in [-0.3, -0.25) is 9.52 Å². The highest BCUT2D eigenvalue weighted by Gasteiger charge is 2.34. The highest BCUT2D eigenvalue weighted by atomic mass is 35.5. The van der Waals surface area contributed by atoms with Gasteiger partial charge in [-0.1, -0.05) is 11.6 Å². The molecule has 3 aromatic rings. The second-order valence-electron chi connectivity index (χ2n) is 10.1. The number of carbonyl (C=O) groups is 1. The van der Waals surface area contributed by atoms with Crippen molar-refractivity contribution in [3.63, 3.8) is 0 Å². The number of likely N-dealkylation sites (tertiary alicyclic amines) is 1. The number of hydrogen-bond acceptors (Lipinski definition) is 6. The number of amides is 1. The number of hydrogen-bond donors (Lipinski definition) is 1. The maximum absolute atomic E-state index is 13.8. The summed E-state index contributed by atoms with van der Waals surface area (Å²) in [6.45, 7) is 2.58. The Kier molecular flexibility index (Phi) is 5.83. The van der Waals surface area contributed by atoms with E-state index in [0.717, 1.165) is 61.5 Å². The first kappa shape index (κ1) is 23.5. The van der Waals surface area contributed by atoms with Crippen LogP contribution in [0.2, 0.25) is 5.02 Å². The Morgan fingerprint density at radius 3 is 2.53 bits per heavy atom. The minimum Gasteiger partial charge on any atom is -0.356 e. The van der Waals surface area contributed by atoms with E-state index in [-0.39, 0.29) is 23.2 Å². The van der Waals surface area contributed by atoms with E-state index in [1.54, 1.807) is 11.0 Å². The number of rotatable bonds is 6. The summed E-state index contributed by atoms with van der Waals surface area (Å²) < 4.78 is 28.2. The fourth-order valence-electron chi connectivity index (χ4n) is 5.14. The molecule has 11 heteroatoms. The second kappa shape index (κ2) is 8.92. The van der Waals surface area contributed by atoms with Gasteiger partial charge in [0.05, 0.1) is 29.2 Å². The van der Waals surface area contributed by atoms with Gasteiger partial charge in [0.25, 0.3) is 5.91 Å². The molecule has 0 radical (unpaired) electrons. The molecule has 1 saturated carbocycles. The number of halogens is 1. The molecule has 2 aliphatic heterocycles. The zero-order valence-electron chi connectivity index (χ0n) is 20.2. The summed E-state index contributed by atoms with van der Waals surface area (Å²) in [5.74, 6) is 1.34. The van der Waals surface area contributed by atoms with Crippen molar-refractivity contribution < 1.29 is 13.2 Å². The van der Waals surface area contributed by atoms with Crippen molar-refractivity contribution in [2.75, 3.05) is 35.5 Å². The molecule has 9 nitrogen and oxygen atoms in total. The first-order chi connectivity index (χ1) is 17.3. The Morgan fingerprint density at radius 2 is 1.83 bits per heavy atom. The van der Waals surface area contributed by atoms with Gasteiger partial charge in [-0.25, -0.2) is 13.4 Å². The summed E-state index contributed by atoms with van der Waals surface area (Å²) in [7, 11) is -3.57. The van der Waals surface area contributed by atoms with E-state index >= 15 is 0 Å². The third-order valence-corrected chi connectivity index (χ3v) is 8.06. The van der Waals surface area contributed by atoms with E-state index in [1.807, 2.05) is 10.6 Å². The fraction of sp³-hybridized carbons (Fsp3) is 0.480. The summed E-state index contributed by atoms with van der Waals surface area (Å²) in [4.78, 5) is 22.9. The van der Waals surface area contributed by atoms with Crippen LogP contribution in [-0.4, -0.2) is 59.7 Å². The lowest BCUT2D eigenvalue weighted by atomic mass is 9.98. The van der Waals surface area contributed by atoms with Crippen molar-refractivity contribution in [2.24, 2.45) is 0 Å². The van der Waals surface area contributed by atoms with Crippen LogP contribution >= 0.6 is 11.6 Å². The first-order valence-corrected chi connectivity index (χ1v) is 14.8. The molecular formula is C25H29ClN6O3S.